The van der Waals surface area contributed by atoms with E-state index in [1.807, 2.05) is 30.3 Å². The number of benzene rings is 2. The van der Waals surface area contributed by atoms with E-state index >= 15 is 0 Å². The van der Waals surface area contributed by atoms with Crippen LogP contribution in [-0.2, 0) is 13.0 Å². The van der Waals surface area contributed by atoms with Crippen LogP contribution < -0.4 is 10.6 Å². The van der Waals surface area contributed by atoms with Gasteiger partial charge in [-0.25, -0.2) is 14.4 Å². The monoisotopic (exact) mass is 367 g/mol. The zero-order valence-corrected chi connectivity index (χ0v) is 14.4. The van der Waals surface area contributed by atoms with E-state index in [2.05, 4.69) is 20.6 Å². The van der Waals surface area contributed by atoms with E-state index in [9.17, 15) is 14.5 Å². The van der Waals surface area contributed by atoms with Gasteiger partial charge in [-0.3, -0.25) is 10.1 Å². The number of hydrogen-bond acceptors (Lipinski definition) is 6. The second kappa shape index (κ2) is 8.70. The lowest BCUT2D eigenvalue weighted by Gasteiger charge is -2.10. The molecule has 1 heterocycles. The van der Waals surface area contributed by atoms with Crippen molar-refractivity contribution in [3.8, 4) is 0 Å². The summed E-state index contributed by atoms with van der Waals surface area (Å²) in [4.78, 5) is 19.0. The fraction of sp³-hybridized carbons (Fsp3) is 0.158. The maximum Gasteiger partial charge on any atom is 0.353 e. The van der Waals surface area contributed by atoms with Crippen molar-refractivity contribution in [2.24, 2.45) is 0 Å². The van der Waals surface area contributed by atoms with E-state index < -0.39 is 4.92 Å². The molecule has 0 bridgehead atoms. The summed E-state index contributed by atoms with van der Waals surface area (Å²) in [6.07, 6.45) is 1.98. The first-order valence-electron chi connectivity index (χ1n) is 8.39. The van der Waals surface area contributed by atoms with Gasteiger partial charge in [0, 0.05) is 13.1 Å². The Labute approximate surface area is 155 Å². The normalized spacial score (nSPS) is 10.4. The Kier molecular flexibility index (Phi) is 5.88. The Morgan fingerprint density at radius 3 is 2.26 bits per heavy atom. The van der Waals surface area contributed by atoms with Crippen LogP contribution >= 0.6 is 0 Å². The maximum atomic E-state index is 13.0. The highest BCUT2D eigenvalue weighted by Crippen LogP contribution is 2.29. The van der Waals surface area contributed by atoms with Gasteiger partial charge in [0.15, 0.2) is 0 Å². The lowest BCUT2D eigenvalue weighted by Crippen LogP contribution is -2.12. The first kappa shape index (κ1) is 18.2. The van der Waals surface area contributed by atoms with Crippen LogP contribution in [0.2, 0.25) is 0 Å². The molecule has 138 valence electrons. The zero-order valence-electron chi connectivity index (χ0n) is 14.4. The van der Waals surface area contributed by atoms with Gasteiger partial charge in [0.05, 0.1) is 4.92 Å². The lowest BCUT2D eigenvalue weighted by molar-refractivity contribution is -0.383. The van der Waals surface area contributed by atoms with E-state index in [1.165, 1.54) is 18.5 Å². The molecule has 7 nitrogen and oxygen atoms in total. The smallest absolute Gasteiger partial charge is 0.353 e. The fourth-order valence-corrected chi connectivity index (χ4v) is 2.57. The number of anilines is 2. The van der Waals surface area contributed by atoms with Crippen LogP contribution in [0.4, 0.5) is 21.7 Å². The average molecular weight is 367 g/mol. The molecule has 0 saturated heterocycles. The van der Waals surface area contributed by atoms with Crippen LogP contribution in [0.15, 0.2) is 60.9 Å². The molecule has 0 aliphatic carbocycles. The molecular weight excluding hydrogens is 349 g/mol. The number of nitrogens with zero attached hydrogens (tertiary/aromatic N) is 3. The molecule has 0 unspecified atom stereocenters. The van der Waals surface area contributed by atoms with Gasteiger partial charge in [-0.1, -0.05) is 42.5 Å². The quantitative estimate of drug-likeness (QED) is 0.465. The summed E-state index contributed by atoms with van der Waals surface area (Å²) in [5, 5.41) is 17.5. The molecule has 0 aliphatic heterocycles. The molecule has 27 heavy (non-hydrogen) atoms. The van der Waals surface area contributed by atoms with Gasteiger partial charge in [-0.2, -0.15) is 0 Å². The van der Waals surface area contributed by atoms with Crippen molar-refractivity contribution in [1.82, 2.24) is 9.97 Å². The summed E-state index contributed by atoms with van der Waals surface area (Å²) in [5.41, 5.74) is 1.69. The Morgan fingerprint density at radius 2 is 1.59 bits per heavy atom. The third-order valence-corrected chi connectivity index (χ3v) is 3.93. The van der Waals surface area contributed by atoms with E-state index in [0.717, 1.165) is 11.1 Å². The largest absolute Gasteiger partial charge is 0.364 e. The van der Waals surface area contributed by atoms with E-state index in [4.69, 9.17) is 0 Å². The van der Waals surface area contributed by atoms with Gasteiger partial charge in [0.25, 0.3) is 0 Å². The number of rotatable bonds is 8. The lowest BCUT2D eigenvalue weighted by atomic mass is 10.1. The zero-order chi connectivity index (χ0) is 19.1. The van der Waals surface area contributed by atoms with Crippen LogP contribution in [0, 0.1) is 15.9 Å². The summed E-state index contributed by atoms with van der Waals surface area (Å²) in [6.45, 7) is 0.779. The third kappa shape index (κ3) is 4.97. The van der Waals surface area contributed by atoms with E-state index in [0.29, 0.717) is 13.0 Å². The minimum atomic E-state index is -0.516. The second-order valence-corrected chi connectivity index (χ2v) is 5.82. The van der Waals surface area contributed by atoms with Crippen molar-refractivity contribution < 1.29 is 9.31 Å². The van der Waals surface area contributed by atoms with Gasteiger partial charge in [-0.15, -0.1) is 0 Å². The summed E-state index contributed by atoms with van der Waals surface area (Å²) in [5.74, 6) is -0.0641. The molecule has 0 fully saturated rings. The minimum absolute atomic E-state index is 0.113. The van der Waals surface area contributed by atoms with Gasteiger partial charge >= 0.3 is 5.69 Å². The second-order valence-electron chi connectivity index (χ2n) is 5.82. The van der Waals surface area contributed by atoms with Crippen molar-refractivity contribution in [3.63, 3.8) is 0 Å². The van der Waals surface area contributed by atoms with Crippen molar-refractivity contribution in [3.05, 3.63) is 88.0 Å². The predicted octanol–water partition coefficient (Wildman–Crippen LogP) is 3.79. The van der Waals surface area contributed by atoms with Crippen LogP contribution in [0.3, 0.4) is 0 Å². The molecule has 1 aromatic heterocycles. The van der Waals surface area contributed by atoms with Gasteiger partial charge in [0.2, 0.25) is 11.6 Å². The molecule has 8 heteroatoms. The summed E-state index contributed by atoms with van der Waals surface area (Å²) < 4.78 is 13.0. The highest BCUT2D eigenvalue weighted by atomic mass is 19.1. The van der Waals surface area contributed by atoms with Gasteiger partial charge in [0.1, 0.15) is 12.1 Å². The highest BCUT2D eigenvalue weighted by molar-refractivity contribution is 5.69. The number of nitro groups is 1. The Hall–Kier alpha value is -3.55. The number of nitrogens with one attached hydrogen (secondary N) is 2. The Balaban J connectivity index is 1.69. The molecule has 0 radical (unpaired) electrons. The van der Waals surface area contributed by atoms with Gasteiger partial charge in [-0.05, 0) is 29.7 Å². The number of aromatic nitrogens is 2. The summed E-state index contributed by atoms with van der Waals surface area (Å²) in [7, 11) is 0. The van der Waals surface area contributed by atoms with Crippen molar-refractivity contribution in [1.29, 1.82) is 0 Å². The standard InChI is InChI=1S/C19H18FN5O2/c20-16-8-6-15(7-9-16)12-22-19-17(25(26)27)18(23-13-24-19)21-11-10-14-4-2-1-3-5-14/h1-9,13H,10-12H2,(H2,21,22,23,24). The van der Waals surface area contributed by atoms with Crippen LogP contribution in [0.1, 0.15) is 11.1 Å². The molecule has 2 N–H and O–H groups in total. The Morgan fingerprint density at radius 1 is 0.926 bits per heavy atom. The van der Waals surface area contributed by atoms with Crippen molar-refractivity contribution in [2.75, 3.05) is 17.2 Å². The molecule has 0 amide bonds. The number of hydrogen-bond donors (Lipinski definition) is 2. The molecule has 0 saturated carbocycles. The third-order valence-electron chi connectivity index (χ3n) is 3.93. The first-order chi connectivity index (χ1) is 13.1. The topological polar surface area (TPSA) is 93.0 Å². The molecular formula is C19H18FN5O2. The van der Waals surface area contributed by atoms with E-state index in [1.54, 1.807) is 12.1 Å². The van der Waals surface area contributed by atoms with Crippen molar-refractivity contribution >= 4 is 17.3 Å². The molecule has 3 rings (SSSR count). The fourth-order valence-electron chi connectivity index (χ4n) is 2.57. The highest BCUT2D eigenvalue weighted by Gasteiger charge is 2.22. The molecule has 0 aliphatic rings. The minimum Gasteiger partial charge on any atom is -0.364 e. The number of halogens is 1. The maximum absolute atomic E-state index is 13.0. The predicted molar refractivity (Wildman–Crippen MR) is 101 cm³/mol. The summed E-state index contributed by atoms with van der Waals surface area (Å²) >= 11 is 0. The Bertz CT molecular complexity index is 904. The summed E-state index contributed by atoms with van der Waals surface area (Å²) in [6, 6.07) is 15.7. The van der Waals surface area contributed by atoms with Crippen LogP contribution in [0.25, 0.3) is 0 Å². The SMILES string of the molecule is O=[N+]([O-])c1c(NCCc2ccccc2)ncnc1NCc1ccc(F)cc1. The first-order valence-corrected chi connectivity index (χ1v) is 8.39. The van der Waals surface area contributed by atoms with Crippen LogP contribution in [-0.4, -0.2) is 21.4 Å². The average Bonchev–Trinajstić information content (AvgIpc) is 2.68. The van der Waals surface area contributed by atoms with Crippen LogP contribution in [0.5, 0.6) is 0 Å². The molecule has 3 aromatic rings. The van der Waals surface area contributed by atoms with Gasteiger partial charge < -0.3 is 10.6 Å². The molecule has 0 spiro atoms. The molecule has 0 atom stereocenters. The van der Waals surface area contributed by atoms with Crippen molar-refractivity contribution in [2.45, 2.75) is 13.0 Å². The molecule has 2 aromatic carbocycles. The van der Waals surface area contributed by atoms with E-state index in [-0.39, 0.29) is 29.7 Å².